The zero-order valence-corrected chi connectivity index (χ0v) is 22.5. The van der Waals surface area contributed by atoms with Crippen LogP contribution in [0.4, 0.5) is 0 Å². The summed E-state index contributed by atoms with van der Waals surface area (Å²) in [5.41, 5.74) is 0.994. The number of rotatable bonds is 16. The number of aliphatic hydroxyl groups excluding tert-OH is 1. The SMILES string of the molecule is COC(=O)CCCC(=O)NC(CCC(=O)N1CCCCC1)C(=O)NCC(O)CNCc1cccc(OC)c1. The van der Waals surface area contributed by atoms with Crippen molar-refractivity contribution in [2.75, 3.05) is 40.4 Å². The van der Waals surface area contributed by atoms with E-state index in [0.29, 0.717) is 19.6 Å². The molecule has 0 bridgehead atoms. The van der Waals surface area contributed by atoms with Gasteiger partial charge in [-0.05, 0) is 49.8 Å². The fourth-order valence-corrected chi connectivity index (χ4v) is 4.18. The minimum absolute atomic E-state index is 0.0152. The van der Waals surface area contributed by atoms with Gasteiger partial charge in [-0.25, -0.2) is 0 Å². The molecule has 1 fully saturated rings. The highest BCUT2D eigenvalue weighted by atomic mass is 16.5. The average molecular weight is 535 g/mol. The molecule has 11 nitrogen and oxygen atoms in total. The number of methoxy groups -OCH3 is 2. The lowest BCUT2D eigenvalue weighted by molar-refractivity contribution is -0.141. The van der Waals surface area contributed by atoms with E-state index in [1.807, 2.05) is 24.3 Å². The molecule has 1 aliphatic rings. The van der Waals surface area contributed by atoms with E-state index in [4.69, 9.17) is 4.74 Å². The van der Waals surface area contributed by atoms with Gasteiger partial charge in [0.25, 0.3) is 0 Å². The van der Waals surface area contributed by atoms with Crippen molar-refractivity contribution < 1.29 is 33.8 Å². The van der Waals surface area contributed by atoms with E-state index in [0.717, 1.165) is 30.6 Å². The van der Waals surface area contributed by atoms with E-state index in [1.54, 1.807) is 12.0 Å². The summed E-state index contributed by atoms with van der Waals surface area (Å²) in [6, 6.07) is 6.64. The molecular formula is C27H42N4O7. The number of esters is 1. The van der Waals surface area contributed by atoms with Crippen LogP contribution in [-0.4, -0.2) is 86.2 Å². The highest BCUT2D eigenvalue weighted by molar-refractivity contribution is 5.88. The van der Waals surface area contributed by atoms with Crippen LogP contribution in [0.3, 0.4) is 0 Å². The summed E-state index contributed by atoms with van der Waals surface area (Å²) in [5, 5.41) is 18.8. The third kappa shape index (κ3) is 11.9. The lowest BCUT2D eigenvalue weighted by Gasteiger charge is -2.27. The Morgan fingerprint density at radius 1 is 1.03 bits per heavy atom. The van der Waals surface area contributed by atoms with Crippen LogP contribution in [0.15, 0.2) is 24.3 Å². The van der Waals surface area contributed by atoms with Gasteiger partial charge in [0.2, 0.25) is 17.7 Å². The standard InChI is InChI=1S/C27H42N4O7/c1-37-22-9-6-8-20(16-22)17-28-18-21(32)19-29-27(36)23(30-24(33)10-7-11-26(35)38-2)12-13-25(34)31-14-4-3-5-15-31/h6,8-9,16,21,23,28,32H,3-5,7,10-15,17-19H2,1-2H3,(H,29,36)(H,30,33). The quantitative estimate of drug-likeness (QED) is 0.229. The predicted molar refractivity (Wildman–Crippen MR) is 141 cm³/mol. The molecule has 2 rings (SSSR count). The predicted octanol–water partition coefficient (Wildman–Crippen LogP) is 0.883. The van der Waals surface area contributed by atoms with Crippen LogP contribution >= 0.6 is 0 Å². The minimum atomic E-state index is -0.925. The van der Waals surface area contributed by atoms with Crippen molar-refractivity contribution in [2.24, 2.45) is 0 Å². The maximum atomic E-state index is 12.9. The molecule has 212 valence electrons. The van der Waals surface area contributed by atoms with Gasteiger partial charge in [-0.3, -0.25) is 19.2 Å². The second-order valence-corrected chi connectivity index (χ2v) is 9.41. The van der Waals surface area contributed by atoms with E-state index in [1.165, 1.54) is 7.11 Å². The molecule has 11 heteroatoms. The largest absolute Gasteiger partial charge is 0.497 e. The fourth-order valence-electron chi connectivity index (χ4n) is 4.18. The van der Waals surface area contributed by atoms with Crippen LogP contribution < -0.4 is 20.7 Å². The minimum Gasteiger partial charge on any atom is -0.497 e. The average Bonchev–Trinajstić information content (AvgIpc) is 2.94. The molecule has 1 aliphatic heterocycles. The first kappa shape index (κ1) is 31.0. The smallest absolute Gasteiger partial charge is 0.305 e. The van der Waals surface area contributed by atoms with E-state index >= 15 is 0 Å². The molecule has 0 saturated carbocycles. The molecule has 2 atom stereocenters. The van der Waals surface area contributed by atoms with E-state index in [2.05, 4.69) is 20.7 Å². The van der Waals surface area contributed by atoms with Gasteiger partial charge in [-0.15, -0.1) is 0 Å². The number of ether oxygens (including phenoxy) is 2. The van der Waals surface area contributed by atoms with Gasteiger partial charge >= 0.3 is 5.97 Å². The van der Waals surface area contributed by atoms with Crippen molar-refractivity contribution in [3.05, 3.63) is 29.8 Å². The third-order valence-corrected chi connectivity index (χ3v) is 6.37. The normalized spacial score (nSPS) is 14.8. The summed E-state index contributed by atoms with van der Waals surface area (Å²) in [6.45, 7) is 2.17. The number of amides is 3. The zero-order chi connectivity index (χ0) is 27.8. The van der Waals surface area contributed by atoms with Crippen LogP contribution in [0.1, 0.15) is 56.9 Å². The molecule has 38 heavy (non-hydrogen) atoms. The first-order chi connectivity index (χ1) is 18.3. The molecule has 0 spiro atoms. The molecule has 3 amide bonds. The fraction of sp³-hybridized carbons (Fsp3) is 0.630. The van der Waals surface area contributed by atoms with Crippen molar-refractivity contribution in [3.8, 4) is 5.75 Å². The summed E-state index contributed by atoms with van der Waals surface area (Å²) in [5.74, 6) is -0.559. The van der Waals surface area contributed by atoms with Gasteiger partial charge in [0.15, 0.2) is 0 Å². The molecule has 1 aromatic carbocycles. The number of nitrogens with one attached hydrogen (secondary N) is 3. The summed E-state index contributed by atoms with van der Waals surface area (Å²) in [7, 11) is 2.88. The number of piperidine rings is 1. The van der Waals surface area contributed by atoms with Crippen LogP contribution in [0.25, 0.3) is 0 Å². The van der Waals surface area contributed by atoms with Gasteiger partial charge < -0.3 is 35.4 Å². The lowest BCUT2D eigenvalue weighted by Crippen LogP contribution is -2.49. The third-order valence-electron chi connectivity index (χ3n) is 6.37. The zero-order valence-electron chi connectivity index (χ0n) is 22.5. The van der Waals surface area contributed by atoms with Gasteiger partial charge in [-0.1, -0.05) is 12.1 Å². The summed E-state index contributed by atoms with van der Waals surface area (Å²) < 4.78 is 9.78. The Hall–Kier alpha value is -3.18. The van der Waals surface area contributed by atoms with Crippen LogP contribution in [-0.2, 0) is 30.5 Å². The Balaban J connectivity index is 1.83. The molecular weight excluding hydrogens is 492 g/mol. The Morgan fingerprint density at radius 3 is 2.50 bits per heavy atom. The number of likely N-dealkylation sites (tertiary alicyclic amines) is 1. The number of aliphatic hydroxyl groups is 1. The van der Waals surface area contributed by atoms with Crippen LogP contribution in [0.5, 0.6) is 5.75 Å². The number of benzene rings is 1. The van der Waals surface area contributed by atoms with Crippen molar-refractivity contribution in [1.82, 2.24) is 20.9 Å². The Labute approximate surface area is 224 Å². The van der Waals surface area contributed by atoms with Crippen molar-refractivity contribution in [1.29, 1.82) is 0 Å². The molecule has 0 radical (unpaired) electrons. The summed E-state index contributed by atoms with van der Waals surface area (Å²) >= 11 is 0. The summed E-state index contributed by atoms with van der Waals surface area (Å²) in [6.07, 6.45) is 2.91. The monoisotopic (exact) mass is 534 g/mol. The topological polar surface area (TPSA) is 146 Å². The Kier molecular flexibility index (Phi) is 14.2. The second kappa shape index (κ2) is 17.4. The maximum absolute atomic E-state index is 12.9. The molecule has 0 aliphatic carbocycles. The number of carbonyl (C=O) groups excluding carboxylic acids is 4. The first-order valence-electron chi connectivity index (χ1n) is 13.3. The molecule has 1 aromatic rings. The lowest BCUT2D eigenvalue weighted by atomic mass is 10.1. The number of nitrogens with zero attached hydrogens (tertiary/aromatic N) is 1. The van der Waals surface area contributed by atoms with Gasteiger partial charge in [0.05, 0.1) is 20.3 Å². The number of hydrogen-bond acceptors (Lipinski definition) is 8. The second-order valence-electron chi connectivity index (χ2n) is 9.41. The first-order valence-corrected chi connectivity index (χ1v) is 13.3. The molecule has 4 N–H and O–H groups in total. The van der Waals surface area contributed by atoms with E-state index in [9.17, 15) is 24.3 Å². The molecule has 1 heterocycles. The number of carbonyl (C=O) groups is 4. The molecule has 2 unspecified atom stereocenters. The van der Waals surface area contributed by atoms with Crippen molar-refractivity contribution in [2.45, 2.75) is 70.1 Å². The van der Waals surface area contributed by atoms with Gasteiger partial charge in [0, 0.05) is 52.0 Å². The molecule has 1 saturated heterocycles. The van der Waals surface area contributed by atoms with Gasteiger partial charge in [0.1, 0.15) is 11.8 Å². The Morgan fingerprint density at radius 2 is 1.79 bits per heavy atom. The van der Waals surface area contributed by atoms with E-state index < -0.39 is 24.0 Å². The van der Waals surface area contributed by atoms with Crippen molar-refractivity contribution >= 4 is 23.7 Å². The highest BCUT2D eigenvalue weighted by Gasteiger charge is 2.24. The Bertz CT molecular complexity index is 905. The van der Waals surface area contributed by atoms with Crippen molar-refractivity contribution in [3.63, 3.8) is 0 Å². The van der Waals surface area contributed by atoms with E-state index in [-0.39, 0.29) is 57.0 Å². The van der Waals surface area contributed by atoms with Gasteiger partial charge in [-0.2, -0.15) is 0 Å². The van der Waals surface area contributed by atoms with Crippen LogP contribution in [0.2, 0.25) is 0 Å². The summed E-state index contributed by atoms with van der Waals surface area (Å²) in [4.78, 5) is 51.0. The number of hydrogen-bond donors (Lipinski definition) is 4. The van der Waals surface area contributed by atoms with Crippen LogP contribution in [0, 0.1) is 0 Å². The maximum Gasteiger partial charge on any atom is 0.305 e. The highest BCUT2D eigenvalue weighted by Crippen LogP contribution is 2.13. The molecule has 0 aromatic heterocycles.